The number of methoxy groups -OCH3 is 1. The van der Waals surface area contributed by atoms with Crippen molar-refractivity contribution in [1.29, 1.82) is 5.26 Å². The minimum atomic E-state index is -0.205. The predicted octanol–water partition coefficient (Wildman–Crippen LogP) is 3.98. The number of nitriles is 1. The normalized spacial score (nSPS) is 10.4. The highest BCUT2D eigenvalue weighted by atomic mass is 16.5. The fourth-order valence-corrected chi connectivity index (χ4v) is 2.17. The standard InChI is InChI=1S/C20H19NO4/c1-24-19-10-8-15(13-20(19)25-12-3-2-11-21)7-9-18(23)16-5-4-6-17(22)14-16/h4-10,13-14,22H,2-3,12H2,1H3/b9-7-. The zero-order valence-electron chi connectivity index (χ0n) is 13.9. The van der Waals surface area contributed by atoms with Gasteiger partial charge in [0.15, 0.2) is 17.3 Å². The van der Waals surface area contributed by atoms with Gasteiger partial charge >= 0.3 is 0 Å². The summed E-state index contributed by atoms with van der Waals surface area (Å²) in [5.74, 6) is 1.00. The van der Waals surface area contributed by atoms with Crippen LogP contribution in [-0.2, 0) is 0 Å². The number of unbranched alkanes of at least 4 members (excludes halogenated alkanes) is 1. The van der Waals surface area contributed by atoms with Crippen LogP contribution in [0.25, 0.3) is 6.08 Å². The van der Waals surface area contributed by atoms with E-state index in [-0.39, 0.29) is 11.5 Å². The summed E-state index contributed by atoms with van der Waals surface area (Å²) >= 11 is 0. The van der Waals surface area contributed by atoms with Gasteiger partial charge in [-0.15, -0.1) is 0 Å². The second kappa shape index (κ2) is 9.14. The highest BCUT2D eigenvalue weighted by molar-refractivity contribution is 6.07. The highest BCUT2D eigenvalue weighted by Gasteiger charge is 2.06. The number of hydrogen-bond acceptors (Lipinski definition) is 5. The van der Waals surface area contributed by atoms with E-state index in [4.69, 9.17) is 14.7 Å². The van der Waals surface area contributed by atoms with Gasteiger partial charge in [0.05, 0.1) is 19.8 Å². The summed E-state index contributed by atoms with van der Waals surface area (Å²) in [6.07, 6.45) is 4.18. The molecule has 0 aliphatic heterocycles. The molecule has 0 aliphatic carbocycles. The fourth-order valence-electron chi connectivity index (χ4n) is 2.17. The molecule has 0 radical (unpaired) electrons. The first-order chi connectivity index (χ1) is 12.1. The zero-order valence-corrected chi connectivity index (χ0v) is 13.9. The number of ketones is 1. The van der Waals surface area contributed by atoms with Gasteiger partial charge in [-0.1, -0.05) is 24.3 Å². The van der Waals surface area contributed by atoms with Crippen molar-refractivity contribution in [3.63, 3.8) is 0 Å². The Labute approximate surface area is 146 Å². The van der Waals surface area contributed by atoms with E-state index in [1.807, 2.05) is 6.07 Å². The summed E-state index contributed by atoms with van der Waals surface area (Å²) in [5, 5.41) is 18.0. The lowest BCUT2D eigenvalue weighted by Crippen LogP contribution is -1.99. The molecule has 0 spiro atoms. The second-order valence-electron chi connectivity index (χ2n) is 5.27. The Morgan fingerprint density at radius 1 is 1.24 bits per heavy atom. The second-order valence-corrected chi connectivity index (χ2v) is 5.27. The van der Waals surface area contributed by atoms with Gasteiger partial charge in [-0.2, -0.15) is 5.26 Å². The lowest BCUT2D eigenvalue weighted by Gasteiger charge is -2.10. The van der Waals surface area contributed by atoms with Crippen LogP contribution in [0.1, 0.15) is 28.8 Å². The molecule has 128 valence electrons. The monoisotopic (exact) mass is 337 g/mol. The molecule has 2 aromatic rings. The van der Waals surface area contributed by atoms with E-state index in [0.29, 0.717) is 36.5 Å². The summed E-state index contributed by atoms with van der Waals surface area (Å²) in [4.78, 5) is 12.1. The first-order valence-corrected chi connectivity index (χ1v) is 7.83. The zero-order chi connectivity index (χ0) is 18.1. The molecule has 0 aliphatic rings. The van der Waals surface area contributed by atoms with Gasteiger partial charge in [0.2, 0.25) is 0 Å². The van der Waals surface area contributed by atoms with Crippen LogP contribution in [0.15, 0.2) is 48.5 Å². The minimum absolute atomic E-state index is 0.0525. The van der Waals surface area contributed by atoms with Crippen molar-refractivity contribution >= 4 is 11.9 Å². The molecule has 0 bridgehead atoms. The summed E-state index contributed by atoms with van der Waals surface area (Å²) in [6.45, 7) is 0.416. The van der Waals surface area contributed by atoms with Crippen molar-refractivity contribution in [2.45, 2.75) is 12.8 Å². The highest BCUT2D eigenvalue weighted by Crippen LogP contribution is 2.29. The van der Waals surface area contributed by atoms with Crippen LogP contribution in [0.5, 0.6) is 17.2 Å². The molecule has 5 nitrogen and oxygen atoms in total. The average molecular weight is 337 g/mol. The lowest BCUT2D eigenvalue weighted by atomic mass is 10.1. The smallest absolute Gasteiger partial charge is 0.185 e. The molecule has 0 heterocycles. The molecule has 5 heteroatoms. The van der Waals surface area contributed by atoms with Gasteiger partial charge in [-0.3, -0.25) is 4.79 Å². The number of rotatable bonds is 8. The van der Waals surface area contributed by atoms with Gasteiger partial charge < -0.3 is 14.6 Å². The summed E-state index contributed by atoms with van der Waals surface area (Å²) in [7, 11) is 1.55. The largest absolute Gasteiger partial charge is 0.508 e. The summed E-state index contributed by atoms with van der Waals surface area (Å²) in [6, 6.07) is 13.6. The van der Waals surface area contributed by atoms with Gasteiger partial charge in [0.1, 0.15) is 5.75 Å². The van der Waals surface area contributed by atoms with E-state index in [2.05, 4.69) is 6.07 Å². The van der Waals surface area contributed by atoms with Gasteiger partial charge in [-0.25, -0.2) is 0 Å². The molecule has 0 saturated carbocycles. The fraction of sp³-hybridized carbons (Fsp3) is 0.200. The van der Waals surface area contributed by atoms with E-state index < -0.39 is 0 Å². The van der Waals surface area contributed by atoms with E-state index >= 15 is 0 Å². The first-order valence-electron chi connectivity index (χ1n) is 7.83. The number of nitrogens with zero attached hydrogens (tertiary/aromatic N) is 1. The number of ether oxygens (including phenoxy) is 2. The van der Waals surface area contributed by atoms with Gasteiger partial charge in [0.25, 0.3) is 0 Å². The van der Waals surface area contributed by atoms with Crippen LogP contribution in [0.4, 0.5) is 0 Å². The topological polar surface area (TPSA) is 79.6 Å². The van der Waals surface area contributed by atoms with Crippen LogP contribution < -0.4 is 9.47 Å². The van der Waals surface area contributed by atoms with E-state index in [0.717, 1.165) is 5.56 Å². The molecule has 0 atom stereocenters. The number of carbonyl (C=O) groups is 1. The number of hydrogen-bond donors (Lipinski definition) is 1. The van der Waals surface area contributed by atoms with Crippen LogP contribution in [0, 0.1) is 11.3 Å². The number of phenolic OH excluding ortho intramolecular Hbond substituents is 1. The third kappa shape index (κ3) is 5.40. The molecule has 2 aromatic carbocycles. The van der Waals surface area contributed by atoms with Crippen molar-refractivity contribution in [3.05, 3.63) is 59.7 Å². The third-order valence-electron chi connectivity index (χ3n) is 3.44. The van der Waals surface area contributed by atoms with Crippen molar-refractivity contribution in [1.82, 2.24) is 0 Å². The van der Waals surface area contributed by atoms with Crippen LogP contribution in [0.3, 0.4) is 0 Å². The minimum Gasteiger partial charge on any atom is -0.508 e. The Hall–Kier alpha value is -3.26. The molecule has 2 rings (SSSR count). The molecule has 0 amide bonds. The number of allylic oxidation sites excluding steroid dienone is 1. The summed E-state index contributed by atoms with van der Waals surface area (Å²) < 4.78 is 10.9. The Morgan fingerprint density at radius 3 is 2.80 bits per heavy atom. The van der Waals surface area contributed by atoms with Crippen molar-refractivity contribution in [2.24, 2.45) is 0 Å². The molecule has 0 saturated heterocycles. The predicted molar refractivity (Wildman–Crippen MR) is 94.8 cm³/mol. The van der Waals surface area contributed by atoms with Crippen LogP contribution in [0.2, 0.25) is 0 Å². The third-order valence-corrected chi connectivity index (χ3v) is 3.44. The van der Waals surface area contributed by atoms with Crippen LogP contribution in [-0.4, -0.2) is 24.6 Å². The van der Waals surface area contributed by atoms with E-state index in [1.54, 1.807) is 37.5 Å². The van der Waals surface area contributed by atoms with E-state index in [1.165, 1.54) is 18.2 Å². The van der Waals surface area contributed by atoms with Crippen molar-refractivity contribution < 1.29 is 19.4 Å². The number of aromatic hydroxyl groups is 1. The van der Waals surface area contributed by atoms with Crippen LogP contribution >= 0.6 is 0 Å². The quantitative estimate of drug-likeness (QED) is 0.448. The maximum atomic E-state index is 12.1. The van der Waals surface area contributed by atoms with Gasteiger partial charge in [0, 0.05) is 12.0 Å². The lowest BCUT2D eigenvalue weighted by molar-refractivity contribution is 0.104. The molecule has 0 aromatic heterocycles. The number of phenols is 1. The Kier molecular flexibility index (Phi) is 6.61. The van der Waals surface area contributed by atoms with Crippen molar-refractivity contribution in [3.8, 4) is 23.3 Å². The molecule has 1 N–H and O–H groups in total. The number of benzene rings is 2. The van der Waals surface area contributed by atoms with Crippen molar-refractivity contribution in [2.75, 3.05) is 13.7 Å². The van der Waals surface area contributed by atoms with Gasteiger partial charge in [-0.05, 0) is 42.3 Å². The number of carbonyl (C=O) groups excluding carboxylic acids is 1. The Balaban J connectivity index is 2.10. The summed E-state index contributed by atoms with van der Waals surface area (Å²) in [5.41, 5.74) is 1.20. The molecule has 0 fully saturated rings. The molecule has 25 heavy (non-hydrogen) atoms. The Morgan fingerprint density at radius 2 is 2.08 bits per heavy atom. The maximum Gasteiger partial charge on any atom is 0.185 e. The molecular formula is C20H19NO4. The maximum absolute atomic E-state index is 12.1. The molecular weight excluding hydrogens is 318 g/mol. The van der Waals surface area contributed by atoms with E-state index in [9.17, 15) is 9.90 Å². The average Bonchev–Trinajstić information content (AvgIpc) is 2.63. The SMILES string of the molecule is COc1ccc(/C=C\C(=O)c2cccc(O)c2)cc1OCCCC#N. The first kappa shape index (κ1) is 18.1. The Bertz CT molecular complexity index is 806. The molecule has 0 unspecified atom stereocenters.